The summed E-state index contributed by atoms with van der Waals surface area (Å²) in [5.74, 6) is 2.42. The highest BCUT2D eigenvalue weighted by atomic mass is 16.2. The van der Waals surface area contributed by atoms with Crippen LogP contribution in [0.15, 0.2) is 0 Å². The zero-order chi connectivity index (χ0) is 14.8. The van der Waals surface area contributed by atoms with E-state index in [0.717, 1.165) is 30.4 Å². The van der Waals surface area contributed by atoms with Crippen molar-refractivity contribution in [1.29, 1.82) is 0 Å². The SMILES string of the molecule is Cc1nn(C(=O)CCC2CCCC2)c2c1[C@H]1[C@@H](C2)C1(C)C. The van der Waals surface area contributed by atoms with Gasteiger partial charge in [-0.2, -0.15) is 5.10 Å². The second kappa shape index (κ2) is 4.44. The largest absolute Gasteiger partial charge is 0.273 e. The quantitative estimate of drug-likeness (QED) is 0.838. The van der Waals surface area contributed by atoms with Crippen LogP contribution in [0.25, 0.3) is 0 Å². The first-order valence-corrected chi connectivity index (χ1v) is 8.61. The Morgan fingerprint density at radius 2 is 2.05 bits per heavy atom. The van der Waals surface area contributed by atoms with Crippen LogP contribution in [0.5, 0.6) is 0 Å². The van der Waals surface area contributed by atoms with Gasteiger partial charge in [-0.3, -0.25) is 4.79 Å². The molecule has 3 aliphatic rings. The van der Waals surface area contributed by atoms with E-state index in [0.29, 0.717) is 17.8 Å². The van der Waals surface area contributed by atoms with Crippen LogP contribution in [0.2, 0.25) is 0 Å². The van der Waals surface area contributed by atoms with Crippen LogP contribution in [0.3, 0.4) is 0 Å². The molecule has 1 aromatic heterocycles. The summed E-state index contributed by atoms with van der Waals surface area (Å²) in [7, 11) is 0. The van der Waals surface area contributed by atoms with Gasteiger partial charge in [0.2, 0.25) is 5.91 Å². The number of nitrogens with zero attached hydrogens (tertiary/aromatic N) is 2. The molecule has 3 heteroatoms. The normalized spacial score (nSPS) is 29.5. The summed E-state index contributed by atoms with van der Waals surface area (Å²) < 4.78 is 1.77. The van der Waals surface area contributed by atoms with E-state index < -0.39 is 0 Å². The average molecular weight is 286 g/mol. The molecule has 4 rings (SSSR count). The van der Waals surface area contributed by atoms with Gasteiger partial charge in [0.05, 0.1) is 11.4 Å². The average Bonchev–Trinajstić information content (AvgIpc) is 2.97. The molecule has 0 aromatic carbocycles. The number of hydrogen-bond donors (Lipinski definition) is 0. The summed E-state index contributed by atoms with van der Waals surface area (Å²) in [6.45, 7) is 6.78. The fourth-order valence-electron chi connectivity index (χ4n) is 5.03. The Morgan fingerprint density at radius 1 is 1.33 bits per heavy atom. The molecule has 3 aliphatic carbocycles. The topological polar surface area (TPSA) is 34.9 Å². The fourth-order valence-corrected chi connectivity index (χ4v) is 5.03. The van der Waals surface area contributed by atoms with E-state index in [1.54, 1.807) is 4.68 Å². The number of carbonyl (C=O) groups is 1. The number of carbonyl (C=O) groups excluding carboxylic acids is 1. The summed E-state index contributed by atoms with van der Waals surface area (Å²) in [5.41, 5.74) is 4.16. The lowest BCUT2D eigenvalue weighted by Crippen LogP contribution is -2.17. The lowest BCUT2D eigenvalue weighted by molar-refractivity contribution is 0.0873. The number of rotatable bonds is 3. The maximum absolute atomic E-state index is 12.6. The predicted molar refractivity (Wildman–Crippen MR) is 82.5 cm³/mol. The van der Waals surface area contributed by atoms with Crippen LogP contribution in [0.1, 0.15) is 80.0 Å². The highest BCUT2D eigenvalue weighted by Gasteiger charge is 2.64. The highest BCUT2D eigenvalue weighted by molar-refractivity contribution is 5.79. The Bertz CT molecular complexity index is 593. The van der Waals surface area contributed by atoms with E-state index in [2.05, 4.69) is 25.9 Å². The van der Waals surface area contributed by atoms with Crippen molar-refractivity contribution < 1.29 is 4.79 Å². The van der Waals surface area contributed by atoms with Crippen LogP contribution in [0.4, 0.5) is 0 Å². The first kappa shape index (κ1) is 13.5. The molecule has 21 heavy (non-hydrogen) atoms. The van der Waals surface area contributed by atoms with E-state index in [1.807, 2.05) is 0 Å². The summed E-state index contributed by atoms with van der Waals surface area (Å²) >= 11 is 0. The van der Waals surface area contributed by atoms with Crippen molar-refractivity contribution in [3.05, 3.63) is 17.0 Å². The molecular weight excluding hydrogens is 260 g/mol. The molecule has 0 spiro atoms. The van der Waals surface area contributed by atoms with Gasteiger partial charge >= 0.3 is 0 Å². The van der Waals surface area contributed by atoms with Gasteiger partial charge in [0.1, 0.15) is 0 Å². The van der Waals surface area contributed by atoms with Crippen LogP contribution in [0, 0.1) is 24.2 Å². The third-order valence-corrected chi connectivity index (χ3v) is 6.46. The maximum atomic E-state index is 12.6. The van der Waals surface area contributed by atoms with Crippen molar-refractivity contribution in [2.75, 3.05) is 0 Å². The summed E-state index contributed by atoms with van der Waals surface area (Å²) in [5, 5.41) is 4.59. The van der Waals surface area contributed by atoms with Crippen LogP contribution in [-0.2, 0) is 6.42 Å². The number of aromatic nitrogens is 2. The van der Waals surface area contributed by atoms with Crippen molar-refractivity contribution in [2.24, 2.45) is 17.3 Å². The molecule has 1 aromatic rings. The predicted octanol–water partition coefficient (Wildman–Crippen LogP) is 4.10. The fraction of sp³-hybridized carbons (Fsp3) is 0.778. The van der Waals surface area contributed by atoms with Gasteiger partial charge < -0.3 is 0 Å². The highest BCUT2D eigenvalue weighted by Crippen LogP contribution is 2.70. The van der Waals surface area contributed by atoms with Crippen molar-refractivity contribution in [1.82, 2.24) is 9.78 Å². The standard InChI is InChI=1S/C18H26N2O/c1-11-16-14(10-13-17(16)18(13,2)3)20(19-11)15(21)9-8-12-6-4-5-7-12/h12-13,17H,4-10H2,1-3H3/t13-,17-/m1/s1. The molecule has 114 valence electrons. The minimum absolute atomic E-state index is 0.227. The minimum atomic E-state index is 0.227. The van der Waals surface area contributed by atoms with Gasteiger partial charge in [0, 0.05) is 12.0 Å². The zero-order valence-corrected chi connectivity index (χ0v) is 13.5. The Balaban J connectivity index is 1.50. The lowest BCUT2D eigenvalue weighted by atomic mass is 9.98. The number of hydrogen-bond acceptors (Lipinski definition) is 2. The Labute approximate surface area is 127 Å². The van der Waals surface area contributed by atoms with E-state index in [-0.39, 0.29) is 5.91 Å². The smallest absolute Gasteiger partial charge is 0.247 e. The van der Waals surface area contributed by atoms with E-state index in [4.69, 9.17) is 0 Å². The minimum Gasteiger partial charge on any atom is -0.273 e. The molecule has 3 nitrogen and oxygen atoms in total. The van der Waals surface area contributed by atoms with E-state index in [1.165, 1.54) is 36.9 Å². The summed E-state index contributed by atoms with van der Waals surface area (Å²) in [4.78, 5) is 12.6. The van der Waals surface area contributed by atoms with E-state index >= 15 is 0 Å². The first-order valence-electron chi connectivity index (χ1n) is 8.61. The summed E-state index contributed by atoms with van der Waals surface area (Å²) in [6, 6.07) is 0. The molecule has 0 saturated heterocycles. The zero-order valence-electron chi connectivity index (χ0n) is 13.5. The van der Waals surface area contributed by atoms with E-state index in [9.17, 15) is 4.79 Å². The molecule has 2 saturated carbocycles. The molecule has 0 bridgehead atoms. The molecule has 0 N–H and O–H groups in total. The van der Waals surface area contributed by atoms with Crippen molar-refractivity contribution >= 4 is 5.91 Å². The van der Waals surface area contributed by atoms with Gasteiger partial charge in [-0.25, -0.2) is 4.68 Å². The molecule has 0 amide bonds. The van der Waals surface area contributed by atoms with Crippen LogP contribution < -0.4 is 0 Å². The molecule has 2 fully saturated rings. The number of aryl methyl sites for hydroxylation is 1. The van der Waals surface area contributed by atoms with Gasteiger partial charge in [0.15, 0.2) is 0 Å². The third kappa shape index (κ3) is 1.92. The molecule has 0 aliphatic heterocycles. The third-order valence-electron chi connectivity index (χ3n) is 6.46. The second-order valence-electron chi connectivity index (χ2n) is 8.05. The van der Waals surface area contributed by atoms with Gasteiger partial charge in [-0.1, -0.05) is 39.5 Å². The molecule has 1 heterocycles. The van der Waals surface area contributed by atoms with Crippen LogP contribution in [-0.4, -0.2) is 15.7 Å². The Kier molecular flexibility index (Phi) is 2.86. The monoisotopic (exact) mass is 286 g/mol. The van der Waals surface area contributed by atoms with Crippen LogP contribution >= 0.6 is 0 Å². The molecular formula is C18H26N2O. The van der Waals surface area contributed by atoms with Gasteiger partial charge in [-0.05, 0) is 42.9 Å². The first-order chi connectivity index (χ1) is 10.00. The van der Waals surface area contributed by atoms with Gasteiger partial charge in [0.25, 0.3) is 0 Å². The second-order valence-corrected chi connectivity index (χ2v) is 8.05. The maximum Gasteiger partial charge on any atom is 0.247 e. The Morgan fingerprint density at radius 3 is 2.76 bits per heavy atom. The van der Waals surface area contributed by atoms with Crippen molar-refractivity contribution in [3.63, 3.8) is 0 Å². The number of fused-ring (bicyclic) bond motifs is 3. The molecule has 2 atom stereocenters. The molecule has 0 unspecified atom stereocenters. The molecule has 0 radical (unpaired) electrons. The Hall–Kier alpha value is -1.12. The van der Waals surface area contributed by atoms with Crippen molar-refractivity contribution in [3.8, 4) is 0 Å². The lowest BCUT2D eigenvalue weighted by Gasteiger charge is -2.11. The summed E-state index contributed by atoms with van der Waals surface area (Å²) in [6.07, 6.45) is 8.15. The van der Waals surface area contributed by atoms with Crippen molar-refractivity contribution in [2.45, 2.75) is 71.6 Å². The van der Waals surface area contributed by atoms with Gasteiger partial charge in [-0.15, -0.1) is 0 Å².